The maximum atomic E-state index is 7.05. The maximum Gasteiger partial charge on any atom is 0.0480 e. The van der Waals surface area contributed by atoms with Crippen molar-refractivity contribution in [2.75, 3.05) is 5.73 Å². The van der Waals surface area contributed by atoms with Crippen molar-refractivity contribution in [2.45, 2.75) is 19.3 Å². The molecule has 0 radical (unpaired) electrons. The van der Waals surface area contributed by atoms with Crippen molar-refractivity contribution in [3.63, 3.8) is 0 Å². The fraction of sp³-hybridized carbons (Fsp3) is 0.0750. The summed E-state index contributed by atoms with van der Waals surface area (Å²) >= 11 is 0. The Kier molecular flexibility index (Phi) is 9.06. The molecule has 3 aromatic carbocycles. The van der Waals surface area contributed by atoms with E-state index in [1.807, 2.05) is 36.6 Å². The molecule has 0 spiro atoms. The number of aromatic nitrogens is 1. The number of allylic oxidation sites excluding steroid dienone is 8. The number of rotatable bonds is 8. The van der Waals surface area contributed by atoms with Gasteiger partial charge in [0.15, 0.2) is 0 Å². The lowest BCUT2D eigenvalue weighted by molar-refractivity contribution is 0.870. The van der Waals surface area contributed by atoms with E-state index in [2.05, 4.69) is 110 Å². The first-order valence-corrected chi connectivity index (χ1v) is 14.3. The van der Waals surface area contributed by atoms with Crippen LogP contribution in [0.4, 0.5) is 5.69 Å². The van der Waals surface area contributed by atoms with Crippen molar-refractivity contribution >= 4 is 29.5 Å². The second-order valence-corrected chi connectivity index (χ2v) is 10.2. The van der Waals surface area contributed by atoms with E-state index in [-0.39, 0.29) is 0 Å². The van der Waals surface area contributed by atoms with E-state index in [0.29, 0.717) is 5.69 Å². The summed E-state index contributed by atoms with van der Waals surface area (Å²) in [6, 6.07) is 21.2. The largest absolute Gasteiger partial charge is 0.398 e. The molecule has 2 heteroatoms. The summed E-state index contributed by atoms with van der Waals surface area (Å²) in [7, 11) is 0. The fourth-order valence-corrected chi connectivity index (χ4v) is 5.51. The van der Waals surface area contributed by atoms with Gasteiger partial charge in [0.1, 0.15) is 0 Å². The van der Waals surface area contributed by atoms with Gasteiger partial charge < -0.3 is 5.73 Å². The van der Waals surface area contributed by atoms with Gasteiger partial charge in [-0.3, -0.25) is 4.98 Å². The summed E-state index contributed by atoms with van der Waals surface area (Å²) in [6.45, 7) is 12.3. The van der Waals surface area contributed by atoms with Crippen molar-refractivity contribution in [3.8, 4) is 33.4 Å². The summed E-state index contributed by atoms with van der Waals surface area (Å²) in [5, 5.41) is 0. The summed E-state index contributed by atoms with van der Waals surface area (Å²) in [5.74, 6) is 0. The van der Waals surface area contributed by atoms with Crippen LogP contribution < -0.4 is 5.73 Å². The highest BCUT2D eigenvalue weighted by Crippen LogP contribution is 2.44. The van der Waals surface area contributed by atoms with E-state index < -0.39 is 0 Å². The molecule has 1 aromatic heterocycles. The van der Waals surface area contributed by atoms with E-state index in [1.54, 1.807) is 12.3 Å². The Balaban J connectivity index is 1.65. The van der Waals surface area contributed by atoms with Crippen LogP contribution in [0.2, 0.25) is 0 Å². The minimum absolute atomic E-state index is 0.694. The van der Waals surface area contributed by atoms with Gasteiger partial charge in [-0.1, -0.05) is 135 Å². The molecule has 5 rings (SSSR count). The van der Waals surface area contributed by atoms with Crippen LogP contribution in [0.15, 0.2) is 135 Å². The third kappa shape index (κ3) is 5.94. The molecule has 0 aliphatic heterocycles. The Morgan fingerprint density at radius 2 is 1.36 bits per heavy atom. The van der Waals surface area contributed by atoms with Gasteiger partial charge in [0, 0.05) is 29.2 Å². The molecule has 0 atom stereocenters. The lowest BCUT2D eigenvalue weighted by atomic mass is 9.83. The number of hydrogen-bond acceptors (Lipinski definition) is 2. The van der Waals surface area contributed by atoms with E-state index in [9.17, 15) is 0 Å². The highest BCUT2D eigenvalue weighted by molar-refractivity contribution is 6.01. The third-order valence-corrected chi connectivity index (χ3v) is 7.60. The van der Waals surface area contributed by atoms with Gasteiger partial charge in [-0.15, -0.1) is 0 Å². The molecule has 1 aliphatic carbocycles. The van der Waals surface area contributed by atoms with Crippen LogP contribution in [0.25, 0.3) is 57.2 Å². The Morgan fingerprint density at radius 3 is 2.02 bits per heavy atom. The highest BCUT2D eigenvalue weighted by atomic mass is 14.6. The predicted molar refractivity (Wildman–Crippen MR) is 184 cm³/mol. The second-order valence-electron chi connectivity index (χ2n) is 10.2. The van der Waals surface area contributed by atoms with Crippen LogP contribution in [0.1, 0.15) is 41.5 Å². The van der Waals surface area contributed by atoms with E-state index in [1.165, 1.54) is 11.1 Å². The molecule has 1 heterocycles. The van der Waals surface area contributed by atoms with Crippen LogP contribution >= 0.6 is 0 Å². The van der Waals surface area contributed by atoms with Crippen LogP contribution in [-0.2, 0) is 0 Å². The van der Waals surface area contributed by atoms with Crippen molar-refractivity contribution < 1.29 is 0 Å². The van der Waals surface area contributed by atoms with E-state index in [0.717, 1.165) is 69.3 Å². The van der Waals surface area contributed by atoms with Crippen molar-refractivity contribution in [1.29, 1.82) is 0 Å². The first-order chi connectivity index (χ1) is 20.7. The minimum Gasteiger partial charge on any atom is -0.398 e. The summed E-state index contributed by atoms with van der Waals surface area (Å²) < 4.78 is 0. The highest BCUT2D eigenvalue weighted by Gasteiger charge is 2.21. The molecular formula is C40H36N2. The topological polar surface area (TPSA) is 38.9 Å². The molecule has 0 fully saturated rings. The van der Waals surface area contributed by atoms with Crippen molar-refractivity contribution in [2.24, 2.45) is 0 Å². The minimum atomic E-state index is 0.694. The smallest absolute Gasteiger partial charge is 0.0480 e. The molecular weight excluding hydrogens is 508 g/mol. The third-order valence-electron chi connectivity index (χ3n) is 7.60. The Bertz CT molecular complexity index is 1710. The lowest BCUT2D eigenvalue weighted by Gasteiger charge is -2.22. The lowest BCUT2D eigenvalue weighted by Crippen LogP contribution is -2.03. The first kappa shape index (κ1) is 28.3. The average molecular weight is 545 g/mol. The standard InChI is InChI=1S/C40H36N2/c1-4-7-18-37-38(32-23-21-31(22-24-32)34-17-14-27-42-28-34)35(5-2)36(6-3)39(40(37)41)33-25-19-30(20-26-33)29-15-12-10-8-9-11-13-16-29/h4-8,10,12,14-28H,1-3,9,11,13,41H2/b10-8+,15-12-,18-7-,29-16+. The van der Waals surface area contributed by atoms with Crippen LogP contribution in [0.3, 0.4) is 0 Å². The Morgan fingerprint density at radius 1 is 0.690 bits per heavy atom. The van der Waals surface area contributed by atoms with E-state index in [4.69, 9.17) is 5.73 Å². The zero-order chi connectivity index (χ0) is 29.3. The van der Waals surface area contributed by atoms with Crippen LogP contribution in [0, 0.1) is 0 Å². The van der Waals surface area contributed by atoms with Gasteiger partial charge in [-0.25, -0.2) is 0 Å². The fourth-order valence-electron chi connectivity index (χ4n) is 5.51. The van der Waals surface area contributed by atoms with Crippen LogP contribution in [-0.4, -0.2) is 4.98 Å². The monoisotopic (exact) mass is 544 g/mol. The zero-order valence-electron chi connectivity index (χ0n) is 24.0. The van der Waals surface area contributed by atoms with Gasteiger partial charge in [0.25, 0.3) is 0 Å². The number of nitrogens with two attached hydrogens (primary N) is 1. The molecule has 42 heavy (non-hydrogen) atoms. The number of pyridine rings is 1. The van der Waals surface area contributed by atoms with Gasteiger partial charge >= 0.3 is 0 Å². The SMILES string of the molecule is C=C/C=C\c1c(N)c(-c2ccc(C3=C/CCC/C=C/C=C\3)cc2)c(C=C)c(C=C)c1-c1ccc(-c2cccnc2)cc1. The quantitative estimate of drug-likeness (QED) is 0.177. The van der Waals surface area contributed by atoms with Gasteiger partial charge in [0.05, 0.1) is 0 Å². The van der Waals surface area contributed by atoms with Gasteiger partial charge in [0.2, 0.25) is 0 Å². The number of nitrogens with zero attached hydrogens (tertiary/aromatic N) is 1. The number of nitrogen functional groups attached to an aromatic ring is 1. The van der Waals surface area contributed by atoms with Gasteiger partial charge in [-0.2, -0.15) is 0 Å². The molecule has 2 nitrogen and oxygen atoms in total. The Hall–Kier alpha value is -5.21. The first-order valence-electron chi connectivity index (χ1n) is 14.3. The van der Waals surface area contributed by atoms with Crippen LogP contribution in [0.5, 0.6) is 0 Å². The average Bonchev–Trinajstić information content (AvgIpc) is 3.18. The molecule has 0 saturated carbocycles. The summed E-state index contributed by atoms with van der Waals surface area (Å²) in [4.78, 5) is 4.26. The van der Waals surface area contributed by atoms with Crippen molar-refractivity contribution in [3.05, 3.63) is 158 Å². The van der Waals surface area contributed by atoms with Gasteiger partial charge in [-0.05, 0) is 75.4 Å². The molecule has 1 aliphatic rings. The molecule has 0 saturated heterocycles. The molecule has 2 N–H and O–H groups in total. The molecule has 0 bridgehead atoms. The molecule has 206 valence electrons. The van der Waals surface area contributed by atoms with E-state index >= 15 is 0 Å². The normalized spacial score (nSPS) is 16.0. The number of benzene rings is 3. The Labute approximate surface area is 250 Å². The number of anilines is 1. The molecule has 0 amide bonds. The van der Waals surface area contributed by atoms with Crippen molar-refractivity contribution in [1.82, 2.24) is 4.98 Å². The second kappa shape index (κ2) is 13.4. The zero-order valence-corrected chi connectivity index (χ0v) is 24.0. The summed E-state index contributed by atoms with van der Waals surface area (Å²) in [6.07, 6.45) is 27.5. The number of hydrogen-bond donors (Lipinski definition) is 1. The predicted octanol–water partition coefficient (Wildman–Crippen LogP) is 10.8. The maximum absolute atomic E-state index is 7.05. The molecule has 4 aromatic rings. The summed E-state index contributed by atoms with van der Waals surface area (Å²) in [5.41, 5.74) is 19.3. The molecule has 0 unspecified atom stereocenters.